The highest BCUT2D eigenvalue weighted by Gasteiger charge is 2.39. The number of hydrogen-bond acceptors (Lipinski definition) is 4. The number of rotatable bonds is 1. The van der Waals surface area contributed by atoms with Gasteiger partial charge in [0.25, 0.3) is 0 Å². The van der Waals surface area contributed by atoms with E-state index in [9.17, 15) is 5.26 Å². The van der Waals surface area contributed by atoms with Crippen LogP contribution in [0.5, 0.6) is 0 Å². The summed E-state index contributed by atoms with van der Waals surface area (Å²) in [6.07, 6.45) is 1.22. The van der Waals surface area contributed by atoms with Gasteiger partial charge < -0.3 is 10.2 Å². The molecule has 0 aromatic carbocycles. The predicted molar refractivity (Wildman–Crippen MR) is 64.8 cm³/mol. The maximum atomic E-state index is 9.27. The first-order chi connectivity index (χ1) is 8.22. The van der Waals surface area contributed by atoms with E-state index in [0.717, 1.165) is 42.6 Å². The number of fused-ring (bicyclic) bond motifs is 1. The number of anilines is 1. The molecular weight excluding hydrogens is 214 g/mol. The van der Waals surface area contributed by atoms with Gasteiger partial charge in [-0.25, -0.2) is 0 Å². The van der Waals surface area contributed by atoms with E-state index >= 15 is 0 Å². The fourth-order valence-electron chi connectivity index (χ4n) is 3.22. The number of aryl methyl sites for hydroxylation is 2. The summed E-state index contributed by atoms with van der Waals surface area (Å²) < 4.78 is 1.86. The standard InChI is InChI=1S/C12H17N5/c1-8-10(5-13)12(16(2)15-8)17-4-3-9-6-14-7-11(9)17/h9,11,14H,3-4,6-7H2,1-2H3/t9-,11+/m0/s1. The first-order valence-corrected chi connectivity index (χ1v) is 6.13. The van der Waals surface area contributed by atoms with E-state index in [1.807, 2.05) is 18.7 Å². The van der Waals surface area contributed by atoms with Crippen LogP contribution in [-0.4, -0.2) is 35.5 Å². The largest absolute Gasteiger partial charge is 0.351 e. The molecule has 2 fully saturated rings. The summed E-state index contributed by atoms with van der Waals surface area (Å²) in [5, 5.41) is 17.1. The molecule has 0 amide bonds. The van der Waals surface area contributed by atoms with Gasteiger partial charge in [0.05, 0.1) is 5.69 Å². The van der Waals surface area contributed by atoms with E-state index < -0.39 is 0 Å². The van der Waals surface area contributed by atoms with E-state index in [1.165, 1.54) is 6.42 Å². The summed E-state index contributed by atoms with van der Waals surface area (Å²) in [6.45, 7) is 5.09. The molecule has 0 saturated carbocycles. The first-order valence-electron chi connectivity index (χ1n) is 6.13. The summed E-state index contributed by atoms with van der Waals surface area (Å²) in [4.78, 5) is 2.36. The Balaban J connectivity index is 2.02. The predicted octanol–water partition coefficient (Wildman–Crippen LogP) is 0.398. The molecule has 1 N–H and O–H groups in total. The van der Waals surface area contributed by atoms with Crippen molar-refractivity contribution in [1.82, 2.24) is 15.1 Å². The lowest BCUT2D eigenvalue weighted by atomic mass is 10.1. The van der Waals surface area contributed by atoms with Crippen LogP contribution in [0.15, 0.2) is 0 Å². The molecule has 0 radical (unpaired) electrons. The van der Waals surface area contributed by atoms with Crippen LogP contribution in [0.3, 0.4) is 0 Å². The second kappa shape index (κ2) is 3.74. The average molecular weight is 231 g/mol. The van der Waals surface area contributed by atoms with Crippen molar-refractivity contribution in [2.24, 2.45) is 13.0 Å². The van der Waals surface area contributed by atoms with Gasteiger partial charge in [0.1, 0.15) is 17.5 Å². The van der Waals surface area contributed by atoms with Crippen molar-refractivity contribution in [2.45, 2.75) is 19.4 Å². The Bertz CT molecular complexity index is 484. The monoisotopic (exact) mass is 231 g/mol. The second-order valence-corrected chi connectivity index (χ2v) is 4.99. The SMILES string of the molecule is Cc1nn(C)c(N2CC[C@H]3CNC[C@H]32)c1C#N. The molecule has 1 aromatic rings. The summed E-state index contributed by atoms with van der Waals surface area (Å²) in [5.74, 6) is 1.73. The van der Waals surface area contributed by atoms with Gasteiger partial charge in [-0.3, -0.25) is 4.68 Å². The van der Waals surface area contributed by atoms with Gasteiger partial charge in [0.2, 0.25) is 0 Å². The van der Waals surface area contributed by atoms with Crippen LogP contribution in [0.25, 0.3) is 0 Å². The summed E-state index contributed by atoms with van der Waals surface area (Å²) in [6, 6.07) is 2.83. The van der Waals surface area contributed by atoms with Gasteiger partial charge in [-0.05, 0) is 19.3 Å². The number of nitrogens with one attached hydrogen (secondary N) is 1. The minimum Gasteiger partial charge on any atom is -0.351 e. The lowest BCUT2D eigenvalue weighted by Crippen LogP contribution is -2.35. The van der Waals surface area contributed by atoms with E-state index in [4.69, 9.17) is 0 Å². The molecule has 3 rings (SSSR count). The van der Waals surface area contributed by atoms with Crippen molar-refractivity contribution >= 4 is 5.82 Å². The van der Waals surface area contributed by atoms with Crippen LogP contribution in [0, 0.1) is 24.2 Å². The van der Waals surface area contributed by atoms with Gasteiger partial charge in [0.15, 0.2) is 0 Å². The Kier molecular flexibility index (Phi) is 2.33. The van der Waals surface area contributed by atoms with Crippen LogP contribution in [0.2, 0.25) is 0 Å². The lowest BCUT2D eigenvalue weighted by molar-refractivity contribution is 0.573. The van der Waals surface area contributed by atoms with Crippen LogP contribution < -0.4 is 10.2 Å². The van der Waals surface area contributed by atoms with Gasteiger partial charge in [-0.2, -0.15) is 10.4 Å². The topological polar surface area (TPSA) is 56.9 Å². The molecule has 0 bridgehead atoms. The van der Waals surface area contributed by atoms with Crippen LogP contribution in [0.1, 0.15) is 17.7 Å². The van der Waals surface area contributed by atoms with Gasteiger partial charge in [0, 0.05) is 32.7 Å². The molecule has 17 heavy (non-hydrogen) atoms. The van der Waals surface area contributed by atoms with Crippen molar-refractivity contribution in [3.05, 3.63) is 11.3 Å². The Morgan fingerprint density at radius 1 is 1.47 bits per heavy atom. The molecule has 1 aromatic heterocycles. The van der Waals surface area contributed by atoms with Gasteiger partial charge in [-0.1, -0.05) is 0 Å². The fourth-order valence-corrected chi connectivity index (χ4v) is 3.22. The molecule has 2 aliphatic heterocycles. The van der Waals surface area contributed by atoms with Crippen molar-refractivity contribution in [3.63, 3.8) is 0 Å². The van der Waals surface area contributed by atoms with Crippen molar-refractivity contribution in [3.8, 4) is 6.07 Å². The number of nitrogens with zero attached hydrogens (tertiary/aromatic N) is 4. The maximum absolute atomic E-state index is 9.27. The van der Waals surface area contributed by atoms with E-state index in [2.05, 4.69) is 21.4 Å². The normalized spacial score (nSPS) is 27.2. The van der Waals surface area contributed by atoms with Crippen molar-refractivity contribution < 1.29 is 0 Å². The van der Waals surface area contributed by atoms with Crippen molar-refractivity contribution in [1.29, 1.82) is 5.26 Å². The minimum absolute atomic E-state index is 0.539. The average Bonchev–Trinajstić information content (AvgIpc) is 2.92. The second-order valence-electron chi connectivity index (χ2n) is 4.99. The zero-order valence-corrected chi connectivity index (χ0v) is 10.3. The first kappa shape index (κ1) is 10.6. The third-order valence-electron chi connectivity index (χ3n) is 4.02. The minimum atomic E-state index is 0.539. The molecule has 3 heterocycles. The summed E-state index contributed by atoms with van der Waals surface area (Å²) in [7, 11) is 1.93. The molecule has 2 atom stereocenters. The Hall–Kier alpha value is -1.54. The zero-order chi connectivity index (χ0) is 12.0. The van der Waals surface area contributed by atoms with Crippen LogP contribution in [-0.2, 0) is 7.05 Å². The number of nitriles is 1. The molecule has 0 spiro atoms. The zero-order valence-electron chi connectivity index (χ0n) is 10.3. The Morgan fingerprint density at radius 2 is 2.29 bits per heavy atom. The molecule has 0 unspecified atom stereocenters. The molecular formula is C12H17N5. The highest BCUT2D eigenvalue weighted by atomic mass is 15.4. The lowest BCUT2D eigenvalue weighted by Gasteiger charge is -2.25. The molecule has 2 aliphatic rings. The van der Waals surface area contributed by atoms with Gasteiger partial charge >= 0.3 is 0 Å². The summed E-state index contributed by atoms with van der Waals surface area (Å²) in [5.41, 5.74) is 1.57. The van der Waals surface area contributed by atoms with E-state index in [-0.39, 0.29) is 0 Å². The Labute approximate surface area is 101 Å². The molecule has 90 valence electrons. The third-order valence-corrected chi connectivity index (χ3v) is 4.02. The van der Waals surface area contributed by atoms with Crippen LogP contribution in [0.4, 0.5) is 5.82 Å². The van der Waals surface area contributed by atoms with Crippen LogP contribution >= 0.6 is 0 Å². The highest BCUT2D eigenvalue weighted by Crippen LogP contribution is 2.34. The van der Waals surface area contributed by atoms with E-state index in [0.29, 0.717) is 6.04 Å². The molecule has 2 saturated heterocycles. The number of aromatic nitrogens is 2. The molecule has 5 heteroatoms. The maximum Gasteiger partial charge on any atom is 0.145 e. The quantitative estimate of drug-likeness (QED) is 0.760. The van der Waals surface area contributed by atoms with Gasteiger partial charge in [-0.15, -0.1) is 0 Å². The number of hydrogen-bond donors (Lipinski definition) is 1. The Morgan fingerprint density at radius 3 is 3.06 bits per heavy atom. The third kappa shape index (κ3) is 1.44. The summed E-state index contributed by atoms with van der Waals surface area (Å²) >= 11 is 0. The van der Waals surface area contributed by atoms with Crippen molar-refractivity contribution in [2.75, 3.05) is 24.5 Å². The smallest absolute Gasteiger partial charge is 0.145 e. The molecule has 5 nitrogen and oxygen atoms in total. The molecule has 0 aliphatic carbocycles. The highest BCUT2D eigenvalue weighted by molar-refractivity contribution is 5.58. The van der Waals surface area contributed by atoms with E-state index in [1.54, 1.807) is 0 Å². The fraction of sp³-hybridized carbons (Fsp3) is 0.667.